The van der Waals surface area contributed by atoms with Crippen LogP contribution in [-0.4, -0.2) is 9.97 Å². The molecule has 3 rings (SSSR count). The van der Waals surface area contributed by atoms with Crippen LogP contribution in [0, 0.1) is 11.3 Å². The molecular formula is C13H8N4OS. The van der Waals surface area contributed by atoms with E-state index in [0.717, 1.165) is 10.2 Å². The van der Waals surface area contributed by atoms with E-state index in [1.807, 2.05) is 11.4 Å². The number of aromatic nitrogens is 2. The number of nitriles is 1. The molecule has 2 aromatic heterocycles. The lowest BCUT2D eigenvalue weighted by Gasteiger charge is -2.07. The van der Waals surface area contributed by atoms with Gasteiger partial charge in [0.15, 0.2) is 0 Å². The van der Waals surface area contributed by atoms with Crippen LogP contribution in [0.1, 0.15) is 5.56 Å². The first-order chi connectivity index (χ1) is 9.28. The highest BCUT2D eigenvalue weighted by atomic mass is 32.1. The second kappa shape index (κ2) is 4.55. The Balaban J connectivity index is 2.06. The molecule has 0 saturated heterocycles. The van der Waals surface area contributed by atoms with E-state index in [0.29, 0.717) is 22.9 Å². The number of ether oxygens (including phenoxy) is 1. The Morgan fingerprint density at radius 2 is 2.16 bits per heavy atom. The van der Waals surface area contributed by atoms with E-state index in [-0.39, 0.29) is 0 Å². The Bertz CT molecular complexity index is 791. The van der Waals surface area contributed by atoms with Crippen LogP contribution in [0.4, 0.5) is 5.69 Å². The molecule has 19 heavy (non-hydrogen) atoms. The number of anilines is 1. The van der Waals surface area contributed by atoms with Crippen molar-refractivity contribution in [2.24, 2.45) is 0 Å². The molecule has 0 atom stereocenters. The Labute approximate surface area is 112 Å². The maximum Gasteiger partial charge on any atom is 0.240 e. The van der Waals surface area contributed by atoms with Gasteiger partial charge in [0.1, 0.15) is 22.8 Å². The van der Waals surface area contributed by atoms with Gasteiger partial charge in [-0.3, -0.25) is 0 Å². The van der Waals surface area contributed by atoms with Crippen molar-refractivity contribution in [1.29, 1.82) is 5.26 Å². The van der Waals surface area contributed by atoms with Gasteiger partial charge >= 0.3 is 0 Å². The molecule has 0 aliphatic rings. The van der Waals surface area contributed by atoms with Crippen molar-refractivity contribution in [2.75, 3.05) is 5.73 Å². The standard InChI is InChI=1S/C13H8N4OS/c14-6-8-5-9(15)1-2-11(8)18-13-12-10(3-4-19-12)16-7-17-13/h1-5,7H,15H2. The topological polar surface area (TPSA) is 84.8 Å². The van der Waals surface area contributed by atoms with Crippen molar-refractivity contribution in [1.82, 2.24) is 9.97 Å². The van der Waals surface area contributed by atoms with Gasteiger partial charge in [-0.05, 0) is 29.6 Å². The summed E-state index contributed by atoms with van der Waals surface area (Å²) in [5, 5.41) is 11.0. The van der Waals surface area contributed by atoms with Crippen molar-refractivity contribution < 1.29 is 4.74 Å². The van der Waals surface area contributed by atoms with Crippen LogP contribution in [0.2, 0.25) is 0 Å². The maximum atomic E-state index is 9.08. The molecule has 5 nitrogen and oxygen atoms in total. The lowest BCUT2D eigenvalue weighted by atomic mass is 10.2. The number of nitrogens with two attached hydrogens (primary N) is 1. The van der Waals surface area contributed by atoms with Crippen LogP contribution in [-0.2, 0) is 0 Å². The van der Waals surface area contributed by atoms with Crippen LogP contribution >= 0.6 is 11.3 Å². The summed E-state index contributed by atoms with van der Waals surface area (Å²) < 4.78 is 6.56. The molecule has 0 bridgehead atoms. The van der Waals surface area contributed by atoms with Crippen LogP contribution in [0.5, 0.6) is 11.6 Å². The molecular weight excluding hydrogens is 260 g/mol. The third-order valence-electron chi connectivity index (χ3n) is 2.54. The third-order valence-corrected chi connectivity index (χ3v) is 3.43. The quantitative estimate of drug-likeness (QED) is 0.722. The van der Waals surface area contributed by atoms with E-state index in [9.17, 15) is 0 Å². The Hall–Kier alpha value is -2.65. The number of hydrogen-bond donors (Lipinski definition) is 1. The molecule has 0 unspecified atom stereocenters. The summed E-state index contributed by atoms with van der Waals surface area (Å²) in [7, 11) is 0. The second-order valence-corrected chi connectivity index (χ2v) is 4.70. The normalized spacial score (nSPS) is 10.3. The lowest BCUT2D eigenvalue weighted by molar-refractivity contribution is 0.467. The molecule has 2 N–H and O–H groups in total. The molecule has 0 fully saturated rings. The largest absolute Gasteiger partial charge is 0.436 e. The summed E-state index contributed by atoms with van der Waals surface area (Å²) in [4.78, 5) is 8.24. The second-order valence-electron chi connectivity index (χ2n) is 3.78. The number of thiophene rings is 1. The molecule has 0 spiro atoms. The number of rotatable bonds is 2. The van der Waals surface area contributed by atoms with Gasteiger partial charge < -0.3 is 10.5 Å². The van der Waals surface area contributed by atoms with Gasteiger partial charge in [0.2, 0.25) is 5.88 Å². The lowest BCUT2D eigenvalue weighted by Crippen LogP contribution is -1.93. The Morgan fingerprint density at radius 1 is 1.26 bits per heavy atom. The molecule has 0 amide bonds. The highest BCUT2D eigenvalue weighted by Gasteiger charge is 2.10. The monoisotopic (exact) mass is 268 g/mol. The Morgan fingerprint density at radius 3 is 3.00 bits per heavy atom. The summed E-state index contributed by atoms with van der Waals surface area (Å²) in [6, 6.07) is 8.86. The fourth-order valence-electron chi connectivity index (χ4n) is 1.67. The predicted octanol–water partition coefficient (Wildman–Crippen LogP) is 2.94. The van der Waals surface area contributed by atoms with E-state index in [4.69, 9.17) is 15.7 Å². The van der Waals surface area contributed by atoms with Gasteiger partial charge in [0, 0.05) is 5.69 Å². The van der Waals surface area contributed by atoms with Gasteiger partial charge in [0.05, 0.1) is 11.1 Å². The van der Waals surface area contributed by atoms with Crippen LogP contribution in [0.25, 0.3) is 10.2 Å². The van der Waals surface area contributed by atoms with Gasteiger partial charge in [-0.1, -0.05) is 0 Å². The summed E-state index contributed by atoms with van der Waals surface area (Å²) in [5.41, 5.74) is 7.36. The van der Waals surface area contributed by atoms with E-state index in [2.05, 4.69) is 16.0 Å². The van der Waals surface area contributed by atoms with Crippen LogP contribution in [0.15, 0.2) is 36.0 Å². The number of fused-ring (bicyclic) bond motifs is 1. The highest BCUT2D eigenvalue weighted by molar-refractivity contribution is 7.17. The zero-order valence-electron chi connectivity index (χ0n) is 9.70. The third kappa shape index (κ3) is 2.07. The van der Waals surface area contributed by atoms with Gasteiger partial charge in [-0.25, -0.2) is 9.97 Å². The van der Waals surface area contributed by atoms with Crippen molar-refractivity contribution >= 4 is 27.2 Å². The molecule has 92 valence electrons. The maximum absolute atomic E-state index is 9.08. The minimum Gasteiger partial charge on any atom is -0.436 e. The molecule has 0 saturated carbocycles. The number of hydrogen-bond acceptors (Lipinski definition) is 6. The first-order valence-electron chi connectivity index (χ1n) is 5.43. The summed E-state index contributed by atoms with van der Waals surface area (Å²) in [5.74, 6) is 0.881. The first-order valence-corrected chi connectivity index (χ1v) is 6.31. The van der Waals surface area contributed by atoms with Crippen LogP contribution in [0.3, 0.4) is 0 Å². The molecule has 3 aromatic rings. The fraction of sp³-hybridized carbons (Fsp3) is 0. The molecule has 0 aliphatic carbocycles. The average molecular weight is 268 g/mol. The predicted molar refractivity (Wildman–Crippen MR) is 73.1 cm³/mol. The zero-order chi connectivity index (χ0) is 13.2. The van der Waals surface area contributed by atoms with Gasteiger partial charge in [0.25, 0.3) is 0 Å². The van der Waals surface area contributed by atoms with E-state index < -0.39 is 0 Å². The minimum atomic E-state index is 0.378. The SMILES string of the molecule is N#Cc1cc(N)ccc1Oc1ncnc2ccsc12. The van der Waals surface area contributed by atoms with E-state index in [1.165, 1.54) is 17.7 Å². The van der Waals surface area contributed by atoms with Crippen LogP contribution < -0.4 is 10.5 Å². The number of nitrogens with zero attached hydrogens (tertiary/aromatic N) is 3. The van der Waals surface area contributed by atoms with E-state index in [1.54, 1.807) is 18.2 Å². The first kappa shape index (κ1) is 11.4. The van der Waals surface area contributed by atoms with Gasteiger partial charge in [-0.2, -0.15) is 5.26 Å². The Kier molecular flexibility index (Phi) is 2.74. The summed E-state index contributed by atoms with van der Waals surface area (Å²) in [6.45, 7) is 0. The minimum absolute atomic E-state index is 0.378. The fourth-order valence-corrected chi connectivity index (χ4v) is 2.44. The van der Waals surface area contributed by atoms with E-state index >= 15 is 0 Å². The molecule has 2 heterocycles. The van der Waals surface area contributed by atoms with Gasteiger partial charge in [-0.15, -0.1) is 11.3 Å². The molecule has 1 aromatic carbocycles. The van der Waals surface area contributed by atoms with Crippen molar-refractivity contribution in [3.8, 4) is 17.7 Å². The smallest absolute Gasteiger partial charge is 0.240 e. The molecule has 0 radical (unpaired) electrons. The highest BCUT2D eigenvalue weighted by Crippen LogP contribution is 2.32. The summed E-state index contributed by atoms with van der Waals surface area (Å²) >= 11 is 1.49. The molecule has 0 aliphatic heterocycles. The van der Waals surface area contributed by atoms with Crippen molar-refractivity contribution in [3.63, 3.8) is 0 Å². The number of nitrogen functional groups attached to an aromatic ring is 1. The van der Waals surface area contributed by atoms with Crippen molar-refractivity contribution in [2.45, 2.75) is 0 Å². The average Bonchev–Trinajstić information content (AvgIpc) is 2.90. The molecule has 6 heteroatoms. The summed E-state index contributed by atoms with van der Waals surface area (Å²) in [6.07, 6.45) is 1.44. The van der Waals surface area contributed by atoms with Crippen molar-refractivity contribution in [3.05, 3.63) is 41.5 Å². The zero-order valence-corrected chi connectivity index (χ0v) is 10.5. The number of benzene rings is 1.